The number of hydrogen-bond acceptors (Lipinski definition) is 1. The summed E-state index contributed by atoms with van der Waals surface area (Å²) in [5.74, 6) is 0. The SMILES string of the molecule is Cc1cc(-c2ccc3cccnc3c2)ccc1-c1cccc[n+]1C. The van der Waals surface area contributed by atoms with Crippen molar-refractivity contribution in [2.24, 2.45) is 7.05 Å². The summed E-state index contributed by atoms with van der Waals surface area (Å²) < 4.78 is 2.15. The molecule has 2 aromatic carbocycles. The molecular formula is C22H19N2+. The number of fused-ring (bicyclic) bond motifs is 1. The number of aryl methyl sites for hydroxylation is 2. The van der Waals surface area contributed by atoms with E-state index in [1.165, 1.54) is 33.3 Å². The Balaban J connectivity index is 1.79. The summed E-state index contributed by atoms with van der Waals surface area (Å²) in [4.78, 5) is 4.46. The van der Waals surface area contributed by atoms with Crippen LogP contribution in [0.5, 0.6) is 0 Å². The van der Waals surface area contributed by atoms with Gasteiger partial charge in [0.15, 0.2) is 6.20 Å². The quantitative estimate of drug-likeness (QED) is 0.490. The van der Waals surface area contributed by atoms with Crippen LogP contribution in [0.25, 0.3) is 33.3 Å². The number of rotatable bonds is 2. The van der Waals surface area contributed by atoms with E-state index in [-0.39, 0.29) is 0 Å². The first-order chi connectivity index (χ1) is 11.7. The summed E-state index contributed by atoms with van der Waals surface area (Å²) in [6, 6.07) is 23.5. The summed E-state index contributed by atoms with van der Waals surface area (Å²) in [5.41, 5.74) is 7.22. The number of benzene rings is 2. The molecule has 0 N–H and O–H groups in total. The van der Waals surface area contributed by atoms with Crippen molar-refractivity contribution < 1.29 is 4.57 Å². The van der Waals surface area contributed by atoms with Gasteiger partial charge in [-0.15, -0.1) is 0 Å². The van der Waals surface area contributed by atoms with Crippen molar-refractivity contribution in [3.8, 4) is 22.4 Å². The molecule has 0 saturated carbocycles. The summed E-state index contributed by atoms with van der Waals surface area (Å²) in [5, 5.41) is 1.17. The predicted molar refractivity (Wildman–Crippen MR) is 98.5 cm³/mol. The van der Waals surface area contributed by atoms with Gasteiger partial charge in [0.2, 0.25) is 5.69 Å². The highest BCUT2D eigenvalue weighted by atomic mass is 14.9. The lowest BCUT2D eigenvalue weighted by Crippen LogP contribution is -2.30. The number of pyridine rings is 2. The lowest BCUT2D eigenvalue weighted by molar-refractivity contribution is -0.660. The molecule has 0 fully saturated rings. The molecule has 0 unspecified atom stereocenters. The second-order valence-electron chi connectivity index (χ2n) is 6.14. The molecule has 0 amide bonds. The molecule has 4 aromatic rings. The van der Waals surface area contributed by atoms with E-state index >= 15 is 0 Å². The minimum absolute atomic E-state index is 1.03. The maximum absolute atomic E-state index is 4.46. The van der Waals surface area contributed by atoms with Crippen molar-refractivity contribution in [1.29, 1.82) is 0 Å². The molecule has 116 valence electrons. The highest BCUT2D eigenvalue weighted by Crippen LogP contribution is 2.28. The molecule has 2 heterocycles. The van der Waals surface area contributed by atoms with Gasteiger partial charge in [-0.25, -0.2) is 4.57 Å². The average molecular weight is 311 g/mol. The second kappa shape index (κ2) is 5.89. The second-order valence-corrected chi connectivity index (χ2v) is 6.14. The van der Waals surface area contributed by atoms with Gasteiger partial charge in [0, 0.05) is 29.3 Å². The predicted octanol–water partition coefficient (Wildman–Crippen LogP) is 4.70. The molecule has 24 heavy (non-hydrogen) atoms. The van der Waals surface area contributed by atoms with Gasteiger partial charge in [-0.05, 0) is 47.9 Å². The maximum atomic E-state index is 4.46. The van der Waals surface area contributed by atoms with E-state index < -0.39 is 0 Å². The first-order valence-corrected chi connectivity index (χ1v) is 8.13. The zero-order chi connectivity index (χ0) is 16.5. The maximum Gasteiger partial charge on any atom is 0.212 e. The number of nitrogens with zero attached hydrogens (tertiary/aromatic N) is 2. The topological polar surface area (TPSA) is 16.8 Å². The standard InChI is InChI=1S/C22H19N2/c1-16-14-18(10-11-20(16)22-7-3-4-13-24(22)2)19-9-8-17-6-5-12-23-21(17)15-19/h3-15H,1-2H3/q+1. The van der Waals surface area contributed by atoms with Crippen LogP contribution >= 0.6 is 0 Å². The van der Waals surface area contributed by atoms with Crippen molar-refractivity contribution >= 4 is 10.9 Å². The smallest absolute Gasteiger partial charge is 0.212 e. The molecule has 0 aliphatic heterocycles. The van der Waals surface area contributed by atoms with Crippen LogP contribution in [0.2, 0.25) is 0 Å². The van der Waals surface area contributed by atoms with E-state index in [9.17, 15) is 0 Å². The van der Waals surface area contributed by atoms with Crippen molar-refractivity contribution in [3.63, 3.8) is 0 Å². The Morgan fingerprint density at radius 1 is 0.833 bits per heavy atom. The van der Waals surface area contributed by atoms with E-state index in [2.05, 4.69) is 90.4 Å². The van der Waals surface area contributed by atoms with Crippen LogP contribution in [0.1, 0.15) is 5.56 Å². The Bertz CT molecular complexity index is 1030. The molecule has 0 aliphatic rings. The third kappa shape index (κ3) is 2.56. The number of aromatic nitrogens is 2. The minimum atomic E-state index is 1.03. The molecule has 2 nitrogen and oxygen atoms in total. The van der Waals surface area contributed by atoms with E-state index in [0.29, 0.717) is 0 Å². The van der Waals surface area contributed by atoms with E-state index in [1.54, 1.807) is 0 Å². The molecule has 2 heteroatoms. The van der Waals surface area contributed by atoms with Crippen molar-refractivity contribution in [2.45, 2.75) is 6.92 Å². The normalized spacial score (nSPS) is 10.9. The highest BCUT2D eigenvalue weighted by Gasteiger charge is 2.12. The third-order valence-corrected chi connectivity index (χ3v) is 4.50. The fourth-order valence-corrected chi connectivity index (χ4v) is 3.18. The summed E-state index contributed by atoms with van der Waals surface area (Å²) in [6.45, 7) is 2.17. The molecule has 0 spiro atoms. The van der Waals surface area contributed by atoms with Gasteiger partial charge < -0.3 is 0 Å². The summed E-state index contributed by atoms with van der Waals surface area (Å²) in [7, 11) is 2.08. The Hall–Kier alpha value is -3.00. The summed E-state index contributed by atoms with van der Waals surface area (Å²) in [6.07, 6.45) is 3.92. The lowest BCUT2D eigenvalue weighted by Gasteiger charge is -2.08. The Kier molecular flexibility index (Phi) is 3.58. The third-order valence-electron chi connectivity index (χ3n) is 4.50. The molecule has 0 saturated heterocycles. The number of hydrogen-bond donors (Lipinski definition) is 0. The first kappa shape index (κ1) is 14.6. The van der Waals surface area contributed by atoms with Gasteiger partial charge in [0.1, 0.15) is 7.05 Å². The monoisotopic (exact) mass is 311 g/mol. The Morgan fingerprint density at radius 2 is 1.67 bits per heavy atom. The van der Waals surface area contributed by atoms with Gasteiger partial charge >= 0.3 is 0 Å². The summed E-state index contributed by atoms with van der Waals surface area (Å²) >= 11 is 0. The minimum Gasteiger partial charge on any atom is -0.256 e. The highest BCUT2D eigenvalue weighted by molar-refractivity contribution is 5.84. The van der Waals surface area contributed by atoms with Crippen LogP contribution in [0, 0.1) is 6.92 Å². The fraction of sp³-hybridized carbons (Fsp3) is 0.0909. The van der Waals surface area contributed by atoms with Crippen LogP contribution in [-0.2, 0) is 7.05 Å². The van der Waals surface area contributed by atoms with E-state index in [1.807, 2.05) is 12.3 Å². The molecular weight excluding hydrogens is 292 g/mol. The van der Waals surface area contributed by atoms with Crippen molar-refractivity contribution in [1.82, 2.24) is 4.98 Å². The first-order valence-electron chi connectivity index (χ1n) is 8.13. The molecule has 0 atom stereocenters. The van der Waals surface area contributed by atoms with Gasteiger partial charge in [0.05, 0.1) is 5.52 Å². The zero-order valence-corrected chi connectivity index (χ0v) is 13.9. The van der Waals surface area contributed by atoms with E-state index in [4.69, 9.17) is 0 Å². The van der Waals surface area contributed by atoms with Crippen molar-refractivity contribution in [2.75, 3.05) is 0 Å². The largest absolute Gasteiger partial charge is 0.256 e. The zero-order valence-electron chi connectivity index (χ0n) is 13.9. The molecule has 0 aliphatic carbocycles. The molecule has 2 aromatic heterocycles. The van der Waals surface area contributed by atoms with Gasteiger partial charge in [-0.1, -0.05) is 30.3 Å². The van der Waals surface area contributed by atoms with Gasteiger partial charge in [-0.3, -0.25) is 4.98 Å². The Labute approximate surface area is 142 Å². The average Bonchev–Trinajstić information content (AvgIpc) is 2.62. The van der Waals surface area contributed by atoms with Crippen LogP contribution in [0.4, 0.5) is 0 Å². The molecule has 0 radical (unpaired) electrons. The Morgan fingerprint density at radius 3 is 2.50 bits per heavy atom. The van der Waals surface area contributed by atoms with E-state index in [0.717, 1.165) is 5.52 Å². The lowest BCUT2D eigenvalue weighted by atomic mass is 9.97. The van der Waals surface area contributed by atoms with Gasteiger partial charge in [-0.2, -0.15) is 0 Å². The van der Waals surface area contributed by atoms with Crippen LogP contribution in [0.15, 0.2) is 79.1 Å². The molecule has 0 bridgehead atoms. The van der Waals surface area contributed by atoms with Gasteiger partial charge in [0.25, 0.3) is 0 Å². The fourth-order valence-electron chi connectivity index (χ4n) is 3.18. The molecule has 4 rings (SSSR count). The van der Waals surface area contributed by atoms with Crippen molar-refractivity contribution in [3.05, 3.63) is 84.7 Å². The van der Waals surface area contributed by atoms with Crippen LogP contribution < -0.4 is 4.57 Å². The van der Waals surface area contributed by atoms with Crippen LogP contribution in [-0.4, -0.2) is 4.98 Å². The van der Waals surface area contributed by atoms with Crippen LogP contribution in [0.3, 0.4) is 0 Å².